The number of aromatic nitrogens is 1. The van der Waals surface area contributed by atoms with Crippen LogP contribution in [0.1, 0.15) is 24.2 Å². The second-order valence-corrected chi connectivity index (χ2v) is 5.49. The molecular formula is C13H16F2N2O3S. The molecule has 0 radical (unpaired) electrons. The summed E-state index contributed by atoms with van der Waals surface area (Å²) in [5, 5.41) is 2.45. The van der Waals surface area contributed by atoms with E-state index in [2.05, 4.69) is 10.3 Å². The molecule has 0 aliphatic heterocycles. The number of esters is 1. The summed E-state index contributed by atoms with van der Waals surface area (Å²) in [4.78, 5) is 26.9. The van der Waals surface area contributed by atoms with Crippen LogP contribution in [0.4, 0.5) is 8.78 Å². The molecule has 1 aromatic rings. The molecule has 1 rings (SSSR count). The van der Waals surface area contributed by atoms with E-state index in [4.69, 9.17) is 4.74 Å². The monoisotopic (exact) mass is 318 g/mol. The summed E-state index contributed by atoms with van der Waals surface area (Å²) < 4.78 is 29.5. The standard InChI is InChI=1S/C13H16F2N2O3S/c1-8(2)6-17-10(18)7-20-12(19)9-4-3-5-16-11(9)21-13(14)15/h3-5,8,13H,6-7H2,1-2H3,(H,17,18). The highest BCUT2D eigenvalue weighted by Gasteiger charge is 2.18. The lowest BCUT2D eigenvalue weighted by Gasteiger charge is -2.09. The van der Waals surface area contributed by atoms with E-state index in [-0.39, 0.29) is 28.3 Å². The largest absolute Gasteiger partial charge is 0.452 e. The molecule has 1 heterocycles. The number of amides is 1. The number of carbonyl (C=O) groups excluding carboxylic acids is 2. The quantitative estimate of drug-likeness (QED) is 0.617. The molecule has 116 valence electrons. The molecular weight excluding hydrogens is 302 g/mol. The SMILES string of the molecule is CC(C)CNC(=O)COC(=O)c1cccnc1SC(F)F. The van der Waals surface area contributed by atoms with Crippen molar-refractivity contribution in [1.29, 1.82) is 0 Å². The summed E-state index contributed by atoms with van der Waals surface area (Å²) in [7, 11) is 0. The maximum absolute atomic E-state index is 12.4. The summed E-state index contributed by atoms with van der Waals surface area (Å²) in [5.41, 5.74) is -0.0838. The van der Waals surface area contributed by atoms with E-state index < -0.39 is 24.2 Å². The van der Waals surface area contributed by atoms with Gasteiger partial charge in [-0.3, -0.25) is 4.79 Å². The van der Waals surface area contributed by atoms with E-state index in [9.17, 15) is 18.4 Å². The number of pyridine rings is 1. The van der Waals surface area contributed by atoms with Crippen molar-refractivity contribution < 1.29 is 23.1 Å². The second-order valence-electron chi connectivity index (χ2n) is 4.51. The Labute approximate surface area is 125 Å². The molecule has 0 unspecified atom stereocenters. The van der Waals surface area contributed by atoms with Crippen LogP contribution in [0.15, 0.2) is 23.4 Å². The minimum atomic E-state index is -2.69. The van der Waals surface area contributed by atoms with Gasteiger partial charge in [-0.25, -0.2) is 9.78 Å². The van der Waals surface area contributed by atoms with Gasteiger partial charge in [-0.1, -0.05) is 13.8 Å². The van der Waals surface area contributed by atoms with Crippen molar-refractivity contribution in [2.45, 2.75) is 24.6 Å². The topological polar surface area (TPSA) is 68.3 Å². The van der Waals surface area contributed by atoms with Crippen molar-refractivity contribution >= 4 is 23.6 Å². The van der Waals surface area contributed by atoms with Crippen molar-refractivity contribution in [2.75, 3.05) is 13.2 Å². The number of ether oxygens (including phenoxy) is 1. The summed E-state index contributed by atoms with van der Waals surface area (Å²) in [6.45, 7) is 3.86. The van der Waals surface area contributed by atoms with Crippen LogP contribution in [0.25, 0.3) is 0 Å². The number of rotatable bonds is 7. The zero-order valence-corrected chi connectivity index (χ0v) is 12.5. The summed E-state index contributed by atoms with van der Waals surface area (Å²) in [5.74, 6) is -3.72. The van der Waals surface area contributed by atoms with Gasteiger partial charge in [-0.05, 0) is 29.8 Å². The van der Waals surface area contributed by atoms with Crippen LogP contribution in [-0.4, -0.2) is 35.8 Å². The summed E-state index contributed by atoms with van der Waals surface area (Å²) in [6.07, 6.45) is 1.30. The van der Waals surface area contributed by atoms with Gasteiger partial charge in [-0.2, -0.15) is 8.78 Å². The van der Waals surface area contributed by atoms with Crippen LogP contribution in [0.3, 0.4) is 0 Å². The minimum absolute atomic E-state index is 0.0838. The molecule has 0 spiro atoms. The maximum Gasteiger partial charge on any atom is 0.341 e. The lowest BCUT2D eigenvalue weighted by Crippen LogP contribution is -2.31. The van der Waals surface area contributed by atoms with Gasteiger partial charge in [0.2, 0.25) is 0 Å². The highest BCUT2D eigenvalue weighted by atomic mass is 32.2. The Bertz CT molecular complexity index is 498. The minimum Gasteiger partial charge on any atom is -0.452 e. The highest BCUT2D eigenvalue weighted by molar-refractivity contribution is 7.99. The molecule has 0 aromatic carbocycles. The molecule has 5 nitrogen and oxygen atoms in total. The Balaban J connectivity index is 2.58. The fraction of sp³-hybridized carbons (Fsp3) is 0.462. The van der Waals surface area contributed by atoms with Gasteiger partial charge in [-0.15, -0.1) is 0 Å². The number of hydrogen-bond acceptors (Lipinski definition) is 5. The third kappa shape index (κ3) is 6.52. The first-order valence-electron chi connectivity index (χ1n) is 6.23. The number of nitrogens with zero attached hydrogens (tertiary/aromatic N) is 1. The fourth-order valence-electron chi connectivity index (χ4n) is 1.30. The van der Waals surface area contributed by atoms with Crippen molar-refractivity contribution in [3.63, 3.8) is 0 Å². The summed E-state index contributed by atoms with van der Waals surface area (Å²) >= 11 is 0.156. The predicted molar refractivity (Wildman–Crippen MR) is 74.2 cm³/mol. The molecule has 0 aliphatic carbocycles. The first kappa shape index (κ1) is 17.4. The average molecular weight is 318 g/mol. The molecule has 21 heavy (non-hydrogen) atoms. The molecule has 0 saturated heterocycles. The zero-order valence-electron chi connectivity index (χ0n) is 11.6. The van der Waals surface area contributed by atoms with Crippen LogP contribution < -0.4 is 5.32 Å². The lowest BCUT2D eigenvalue weighted by atomic mass is 10.2. The molecule has 0 aliphatic rings. The third-order valence-corrected chi connectivity index (χ3v) is 2.96. The van der Waals surface area contributed by atoms with Crippen LogP contribution in [-0.2, 0) is 9.53 Å². The van der Waals surface area contributed by atoms with Gasteiger partial charge in [0.25, 0.3) is 11.7 Å². The molecule has 0 saturated carbocycles. The average Bonchev–Trinajstić information content (AvgIpc) is 2.42. The molecule has 0 atom stereocenters. The Morgan fingerprint density at radius 1 is 1.43 bits per heavy atom. The first-order chi connectivity index (χ1) is 9.90. The van der Waals surface area contributed by atoms with Gasteiger partial charge in [0, 0.05) is 12.7 Å². The highest BCUT2D eigenvalue weighted by Crippen LogP contribution is 2.26. The number of alkyl halides is 2. The van der Waals surface area contributed by atoms with E-state index in [0.29, 0.717) is 6.54 Å². The van der Waals surface area contributed by atoms with E-state index in [1.165, 1.54) is 18.3 Å². The maximum atomic E-state index is 12.4. The van der Waals surface area contributed by atoms with Gasteiger partial charge in [0.05, 0.1) is 5.56 Å². The number of thioether (sulfide) groups is 1. The number of carbonyl (C=O) groups is 2. The molecule has 0 fully saturated rings. The zero-order chi connectivity index (χ0) is 15.8. The van der Waals surface area contributed by atoms with Crippen molar-refractivity contribution in [3.05, 3.63) is 23.9 Å². The Kier molecular flexibility index (Phi) is 7.07. The molecule has 0 bridgehead atoms. The predicted octanol–water partition coefficient (Wildman–Crippen LogP) is 2.33. The fourth-order valence-corrected chi connectivity index (χ4v) is 1.87. The van der Waals surface area contributed by atoms with Crippen LogP contribution in [0.5, 0.6) is 0 Å². The van der Waals surface area contributed by atoms with Crippen LogP contribution >= 0.6 is 11.8 Å². The number of hydrogen-bond donors (Lipinski definition) is 1. The lowest BCUT2D eigenvalue weighted by molar-refractivity contribution is -0.124. The Morgan fingerprint density at radius 2 is 2.14 bits per heavy atom. The molecule has 1 amide bonds. The van der Waals surface area contributed by atoms with E-state index in [1.54, 1.807) is 0 Å². The van der Waals surface area contributed by atoms with Gasteiger partial charge in [0.15, 0.2) is 6.61 Å². The second kappa shape index (κ2) is 8.56. The van der Waals surface area contributed by atoms with E-state index in [1.807, 2.05) is 13.8 Å². The Morgan fingerprint density at radius 3 is 2.76 bits per heavy atom. The third-order valence-electron chi connectivity index (χ3n) is 2.23. The summed E-state index contributed by atoms with van der Waals surface area (Å²) in [6, 6.07) is 2.76. The van der Waals surface area contributed by atoms with Gasteiger partial charge in [0.1, 0.15) is 5.03 Å². The van der Waals surface area contributed by atoms with E-state index in [0.717, 1.165) is 0 Å². The van der Waals surface area contributed by atoms with E-state index >= 15 is 0 Å². The molecule has 1 N–H and O–H groups in total. The molecule has 1 aromatic heterocycles. The van der Waals surface area contributed by atoms with Gasteiger partial charge < -0.3 is 10.1 Å². The van der Waals surface area contributed by atoms with Crippen molar-refractivity contribution in [2.24, 2.45) is 5.92 Å². The first-order valence-corrected chi connectivity index (χ1v) is 7.11. The van der Waals surface area contributed by atoms with Crippen molar-refractivity contribution in [1.82, 2.24) is 10.3 Å². The number of halogens is 2. The van der Waals surface area contributed by atoms with Gasteiger partial charge >= 0.3 is 5.97 Å². The Hall–Kier alpha value is -1.70. The normalized spacial score (nSPS) is 10.8. The van der Waals surface area contributed by atoms with Crippen LogP contribution in [0, 0.1) is 5.92 Å². The smallest absolute Gasteiger partial charge is 0.341 e. The van der Waals surface area contributed by atoms with Crippen LogP contribution in [0.2, 0.25) is 0 Å². The molecule has 8 heteroatoms. The van der Waals surface area contributed by atoms with Crippen molar-refractivity contribution in [3.8, 4) is 0 Å². The number of nitrogens with one attached hydrogen (secondary N) is 1.